The standard InChI is InChI=1S/C20H21ClN2O3/c1-4-9-23(13-15-7-5-14(12-22)6-8-15)20(24)16-10-17(21)19(26-3)18(11-16)25-2/h5-8,10-11H,4,9,13H2,1-3H3. The summed E-state index contributed by atoms with van der Waals surface area (Å²) in [6.45, 7) is 3.07. The summed E-state index contributed by atoms with van der Waals surface area (Å²) in [4.78, 5) is 14.7. The van der Waals surface area contributed by atoms with Crippen LogP contribution >= 0.6 is 11.6 Å². The summed E-state index contributed by atoms with van der Waals surface area (Å²) in [5.41, 5.74) is 1.99. The van der Waals surface area contributed by atoms with Crippen LogP contribution in [0, 0.1) is 11.3 Å². The fraction of sp³-hybridized carbons (Fsp3) is 0.300. The lowest BCUT2D eigenvalue weighted by atomic mass is 10.1. The van der Waals surface area contributed by atoms with Gasteiger partial charge in [-0.05, 0) is 36.2 Å². The molecule has 0 fully saturated rings. The molecule has 0 unspecified atom stereocenters. The Bertz CT molecular complexity index is 813. The Morgan fingerprint density at radius 1 is 1.19 bits per heavy atom. The second-order valence-electron chi connectivity index (χ2n) is 5.73. The predicted molar refractivity (Wildman–Crippen MR) is 101 cm³/mol. The zero-order valence-corrected chi connectivity index (χ0v) is 15.8. The van der Waals surface area contributed by atoms with Gasteiger partial charge in [0.25, 0.3) is 5.91 Å². The molecule has 5 nitrogen and oxygen atoms in total. The smallest absolute Gasteiger partial charge is 0.254 e. The quantitative estimate of drug-likeness (QED) is 0.727. The zero-order valence-electron chi connectivity index (χ0n) is 15.1. The van der Waals surface area contributed by atoms with Gasteiger partial charge in [-0.1, -0.05) is 30.7 Å². The van der Waals surface area contributed by atoms with Gasteiger partial charge in [-0.2, -0.15) is 5.26 Å². The maximum absolute atomic E-state index is 13.0. The zero-order chi connectivity index (χ0) is 19.1. The first-order valence-corrected chi connectivity index (χ1v) is 8.61. The molecule has 0 N–H and O–H groups in total. The summed E-state index contributed by atoms with van der Waals surface area (Å²) in [6, 6.07) is 12.5. The van der Waals surface area contributed by atoms with Crippen molar-refractivity contribution < 1.29 is 14.3 Å². The summed E-state index contributed by atoms with van der Waals surface area (Å²) in [5.74, 6) is 0.678. The summed E-state index contributed by atoms with van der Waals surface area (Å²) < 4.78 is 10.5. The molecular weight excluding hydrogens is 352 g/mol. The summed E-state index contributed by atoms with van der Waals surface area (Å²) >= 11 is 6.23. The van der Waals surface area contributed by atoms with E-state index in [2.05, 4.69) is 6.07 Å². The molecular formula is C20H21ClN2O3. The van der Waals surface area contributed by atoms with Crippen LogP contribution in [0.2, 0.25) is 5.02 Å². The van der Waals surface area contributed by atoms with Gasteiger partial charge in [0, 0.05) is 18.7 Å². The molecule has 2 aromatic rings. The van der Waals surface area contributed by atoms with E-state index in [1.807, 2.05) is 19.1 Å². The third kappa shape index (κ3) is 4.47. The first kappa shape index (κ1) is 19.6. The highest BCUT2D eigenvalue weighted by Crippen LogP contribution is 2.36. The number of nitriles is 1. The number of rotatable bonds is 7. The summed E-state index contributed by atoms with van der Waals surface area (Å²) in [5, 5.41) is 9.22. The lowest BCUT2D eigenvalue weighted by molar-refractivity contribution is 0.0742. The number of carbonyl (C=O) groups is 1. The average molecular weight is 373 g/mol. The molecule has 0 aromatic heterocycles. The van der Waals surface area contributed by atoms with Gasteiger partial charge in [0.2, 0.25) is 0 Å². The largest absolute Gasteiger partial charge is 0.493 e. The number of methoxy groups -OCH3 is 2. The Labute approximate surface area is 158 Å². The number of halogens is 1. The van der Waals surface area contributed by atoms with Crippen molar-refractivity contribution in [3.8, 4) is 17.6 Å². The Morgan fingerprint density at radius 3 is 2.42 bits per heavy atom. The maximum Gasteiger partial charge on any atom is 0.254 e. The Kier molecular flexibility index (Phi) is 6.88. The molecule has 136 valence electrons. The van der Waals surface area contributed by atoms with Crippen LogP contribution in [0.5, 0.6) is 11.5 Å². The molecule has 0 heterocycles. The first-order valence-electron chi connectivity index (χ1n) is 8.23. The molecule has 0 bridgehead atoms. The lowest BCUT2D eigenvalue weighted by Gasteiger charge is -2.23. The molecule has 0 spiro atoms. The number of carbonyl (C=O) groups excluding carboxylic acids is 1. The van der Waals surface area contributed by atoms with Crippen molar-refractivity contribution in [2.75, 3.05) is 20.8 Å². The number of nitrogens with zero attached hydrogens (tertiary/aromatic N) is 2. The number of ether oxygens (including phenoxy) is 2. The van der Waals surface area contributed by atoms with Crippen LogP contribution in [-0.2, 0) is 6.54 Å². The second kappa shape index (κ2) is 9.12. The number of hydrogen-bond acceptors (Lipinski definition) is 4. The maximum atomic E-state index is 13.0. The van der Waals surface area contributed by atoms with Gasteiger partial charge in [0.1, 0.15) is 0 Å². The van der Waals surface area contributed by atoms with E-state index in [-0.39, 0.29) is 5.91 Å². The lowest BCUT2D eigenvalue weighted by Crippen LogP contribution is -2.31. The highest BCUT2D eigenvalue weighted by Gasteiger charge is 2.20. The monoisotopic (exact) mass is 372 g/mol. The van der Waals surface area contributed by atoms with Crippen molar-refractivity contribution in [1.29, 1.82) is 5.26 Å². The van der Waals surface area contributed by atoms with Crippen LogP contribution in [0.25, 0.3) is 0 Å². The predicted octanol–water partition coefficient (Wildman–Crippen LogP) is 4.28. The highest BCUT2D eigenvalue weighted by atomic mass is 35.5. The molecule has 0 aliphatic carbocycles. The Hall–Kier alpha value is -2.71. The molecule has 2 aromatic carbocycles. The molecule has 0 saturated heterocycles. The molecule has 1 amide bonds. The van der Waals surface area contributed by atoms with E-state index in [0.717, 1.165) is 12.0 Å². The molecule has 26 heavy (non-hydrogen) atoms. The van der Waals surface area contributed by atoms with Crippen molar-refractivity contribution in [2.24, 2.45) is 0 Å². The Morgan fingerprint density at radius 2 is 1.88 bits per heavy atom. The van der Waals surface area contributed by atoms with Gasteiger partial charge in [0.15, 0.2) is 11.5 Å². The van der Waals surface area contributed by atoms with Gasteiger partial charge in [-0.15, -0.1) is 0 Å². The third-order valence-electron chi connectivity index (χ3n) is 3.92. The number of hydrogen-bond donors (Lipinski definition) is 0. The van der Waals surface area contributed by atoms with Crippen molar-refractivity contribution in [3.05, 3.63) is 58.1 Å². The normalized spacial score (nSPS) is 10.1. The van der Waals surface area contributed by atoms with Gasteiger partial charge >= 0.3 is 0 Å². The minimum Gasteiger partial charge on any atom is -0.493 e. The van der Waals surface area contributed by atoms with Crippen molar-refractivity contribution in [2.45, 2.75) is 19.9 Å². The average Bonchev–Trinajstić information content (AvgIpc) is 2.66. The minimum absolute atomic E-state index is 0.140. The van der Waals surface area contributed by atoms with Crippen molar-refractivity contribution in [1.82, 2.24) is 4.90 Å². The van der Waals surface area contributed by atoms with E-state index in [1.165, 1.54) is 14.2 Å². The van der Waals surface area contributed by atoms with Crippen LogP contribution in [0.4, 0.5) is 0 Å². The van der Waals surface area contributed by atoms with E-state index < -0.39 is 0 Å². The molecule has 6 heteroatoms. The van der Waals surface area contributed by atoms with Gasteiger partial charge in [-0.25, -0.2) is 0 Å². The van der Waals surface area contributed by atoms with Crippen LogP contribution in [0.15, 0.2) is 36.4 Å². The van der Waals surface area contributed by atoms with Crippen molar-refractivity contribution in [3.63, 3.8) is 0 Å². The number of benzene rings is 2. The molecule has 0 aliphatic rings. The van der Waals surface area contributed by atoms with Gasteiger partial charge in [-0.3, -0.25) is 4.79 Å². The SMILES string of the molecule is CCCN(Cc1ccc(C#N)cc1)C(=O)c1cc(Cl)c(OC)c(OC)c1. The highest BCUT2D eigenvalue weighted by molar-refractivity contribution is 6.32. The van der Waals surface area contributed by atoms with E-state index in [9.17, 15) is 4.79 Å². The number of amides is 1. The van der Waals surface area contributed by atoms with Gasteiger partial charge in [0.05, 0.1) is 30.9 Å². The van der Waals surface area contributed by atoms with Crippen molar-refractivity contribution >= 4 is 17.5 Å². The third-order valence-corrected chi connectivity index (χ3v) is 4.20. The van der Waals surface area contributed by atoms with E-state index in [1.54, 1.807) is 29.2 Å². The molecule has 0 atom stereocenters. The fourth-order valence-corrected chi connectivity index (χ4v) is 2.94. The van der Waals surface area contributed by atoms with Gasteiger partial charge < -0.3 is 14.4 Å². The fourth-order valence-electron chi connectivity index (χ4n) is 2.65. The molecule has 0 radical (unpaired) electrons. The minimum atomic E-state index is -0.140. The molecule has 0 aliphatic heterocycles. The van der Waals surface area contributed by atoms with E-state index in [4.69, 9.17) is 26.3 Å². The topological polar surface area (TPSA) is 62.6 Å². The van der Waals surface area contributed by atoms with E-state index >= 15 is 0 Å². The first-order chi connectivity index (χ1) is 12.5. The molecule has 0 saturated carbocycles. The molecule has 2 rings (SSSR count). The second-order valence-corrected chi connectivity index (χ2v) is 6.14. The van der Waals surface area contributed by atoms with Crippen LogP contribution in [-0.4, -0.2) is 31.6 Å². The summed E-state index contributed by atoms with van der Waals surface area (Å²) in [7, 11) is 3.00. The summed E-state index contributed by atoms with van der Waals surface area (Å²) in [6.07, 6.45) is 0.822. The van der Waals surface area contributed by atoms with Crippen LogP contribution < -0.4 is 9.47 Å². The Balaban J connectivity index is 2.30. The van der Waals surface area contributed by atoms with Crippen LogP contribution in [0.1, 0.15) is 34.8 Å². The van der Waals surface area contributed by atoms with Crippen LogP contribution in [0.3, 0.4) is 0 Å². The van der Waals surface area contributed by atoms with E-state index in [0.29, 0.717) is 40.7 Å².